The molecule has 1 N–H and O–H groups in total. The second kappa shape index (κ2) is 5.06. The van der Waals surface area contributed by atoms with Gasteiger partial charge in [0, 0.05) is 16.7 Å². The van der Waals surface area contributed by atoms with Crippen LogP contribution in [-0.2, 0) is 10.8 Å². The maximum Gasteiger partial charge on any atom is 0.124 e. The summed E-state index contributed by atoms with van der Waals surface area (Å²) in [5.74, 6) is 0.908. The first-order chi connectivity index (χ1) is 7.70. The van der Waals surface area contributed by atoms with Crippen LogP contribution >= 0.6 is 0 Å². The molecule has 0 heterocycles. The minimum absolute atomic E-state index is 0.295. The Morgan fingerprint density at radius 1 is 1.56 bits per heavy atom. The SMILES string of the molecule is CNC(CS(=O)c1cccc(F)c1)C1CC1. The number of nitrogens with one attached hydrogen (secondary N) is 1. The molecule has 1 aliphatic rings. The quantitative estimate of drug-likeness (QED) is 0.853. The molecule has 4 heteroatoms. The maximum atomic E-state index is 13.0. The van der Waals surface area contributed by atoms with Gasteiger partial charge >= 0.3 is 0 Å². The van der Waals surface area contributed by atoms with Gasteiger partial charge in [0.25, 0.3) is 0 Å². The topological polar surface area (TPSA) is 29.1 Å². The molecule has 0 bridgehead atoms. The van der Waals surface area contributed by atoms with Crippen LogP contribution in [0.15, 0.2) is 29.2 Å². The van der Waals surface area contributed by atoms with E-state index in [2.05, 4.69) is 5.32 Å². The van der Waals surface area contributed by atoms with Gasteiger partial charge in [0.05, 0.1) is 10.8 Å². The monoisotopic (exact) mass is 241 g/mol. The van der Waals surface area contributed by atoms with Gasteiger partial charge < -0.3 is 5.32 Å². The summed E-state index contributed by atoms with van der Waals surface area (Å²) in [6, 6.07) is 6.35. The van der Waals surface area contributed by atoms with Crippen molar-refractivity contribution in [3.05, 3.63) is 30.1 Å². The van der Waals surface area contributed by atoms with Crippen LogP contribution in [0.2, 0.25) is 0 Å². The van der Waals surface area contributed by atoms with E-state index >= 15 is 0 Å². The van der Waals surface area contributed by atoms with Crippen molar-refractivity contribution in [1.82, 2.24) is 5.32 Å². The van der Waals surface area contributed by atoms with Crippen molar-refractivity contribution in [1.29, 1.82) is 0 Å². The van der Waals surface area contributed by atoms with Gasteiger partial charge in [0.15, 0.2) is 0 Å². The summed E-state index contributed by atoms with van der Waals surface area (Å²) in [6.07, 6.45) is 2.43. The highest BCUT2D eigenvalue weighted by Gasteiger charge is 2.31. The summed E-state index contributed by atoms with van der Waals surface area (Å²) in [7, 11) is 0.788. The highest BCUT2D eigenvalue weighted by atomic mass is 32.2. The Hall–Kier alpha value is -0.740. The summed E-state index contributed by atoms with van der Waals surface area (Å²) < 4.78 is 25.0. The first-order valence-electron chi connectivity index (χ1n) is 5.52. The van der Waals surface area contributed by atoms with Crippen molar-refractivity contribution in [2.75, 3.05) is 12.8 Å². The Bertz CT molecular complexity index is 392. The molecular weight excluding hydrogens is 225 g/mol. The molecule has 1 aromatic rings. The van der Waals surface area contributed by atoms with E-state index in [-0.39, 0.29) is 5.82 Å². The van der Waals surface area contributed by atoms with E-state index in [1.54, 1.807) is 12.1 Å². The normalized spacial score (nSPS) is 19.4. The van der Waals surface area contributed by atoms with Gasteiger partial charge in [-0.15, -0.1) is 0 Å². The van der Waals surface area contributed by atoms with Crippen LogP contribution in [0.25, 0.3) is 0 Å². The van der Waals surface area contributed by atoms with Gasteiger partial charge in [-0.2, -0.15) is 0 Å². The summed E-state index contributed by atoms with van der Waals surface area (Å²) in [5, 5.41) is 3.19. The molecule has 2 nitrogen and oxygen atoms in total. The molecule has 2 atom stereocenters. The molecule has 0 aromatic heterocycles. The number of halogens is 1. The molecule has 0 amide bonds. The summed E-state index contributed by atoms with van der Waals surface area (Å²) in [6.45, 7) is 0. The Morgan fingerprint density at radius 3 is 2.88 bits per heavy atom. The van der Waals surface area contributed by atoms with Crippen molar-refractivity contribution in [2.24, 2.45) is 5.92 Å². The molecular formula is C12H16FNOS. The molecule has 1 saturated carbocycles. The van der Waals surface area contributed by atoms with Crippen molar-refractivity contribution in [3.63, 3.8) is 0 Å². The molecule has 0 saturated heterocycles. The van der Waals surface area contributed by atoms with Crippen LogP contribution in [0.1, 0.15) is 12.8 Å². The van der Waals surface area contributed by atoms with Crippen molar-refractivity contribution < 1.29 is 8.60 Å². The maximum absolute atomic E-state index is 13.0. The molecule has 1 fully saturated rings. The lowest BCUT2D eigenvalue weighted by atomic mass is 10.2. The fourth-order valence-corrected chi connectivity index (χ4v) is 3.25. The standard InChI is InChI=1S/C12H16FNOS/c1-14-12(9-5-6-9)8-16(15)11-4-2-3-10(13)7-11/h2-4,7,9,12,14H,5-6,8H2,1H3. The van der Waals surface area contributed by atoms with Crippen LogP contribution in [-0.4, -0.2) is 23.1 Å². The Kier molecular flexibility index (Phi) is 3.71. The summed E-state index contributed by atoms with van der Waals surface area (Å²) in [4.78, 5) is 0.584. The lowest BCUT2D eigenvalue weighted by Gasteiger charge is -2.14. The number of rotatable bonds is 5. The van der Waals surface area contributed by atoms with Crippen LogP contribution < -0.4 is 5.32 Å². The second-order valence-electron chi connectivity index (χ2n) is 4.20. The van der Waals surface area contributed by atoms with Crippen LogP contribution in [0.5, 0.6) is 0 Å². The molecule has 0 spiro atoms. The third-order valence-corrected chi connectivity index (χ3v) is 4.39. The fraction of sp³-hybridized carbons (Fsp3) is 0.500. The van der Waals surface area contributed by atoms with Crippen molar-refractivity contribution in [3.8, 4) is 0 Å². The third-order valence-electron chi connectivity index (χ3n) is 2.95. The molecule has 1 aromatic carbocycles. The van der Waals surface area contributed by atoms with Gasteiger partial charge in [0.1, 0.15) is 5.82 Å². The highest BCUT2D eigenvalue weighted by molar-refractivity contribution is 7.85. The van der Waals surface area contributed by atoms with Crippen molar-refractivity contribution >= 4 is 10.8 Å². The molecule has 88 valence electrons. The highest BCUT2D eigenvalue weighted by Crippen LogP contribution is 2.33. The number of hydrogen-bond acceptors (Lipinski definition) is 2. The minimum Gasteiger partial charge on any atom is -0.316 e. The minimum atomic E-state index is -1.11. The Labute approximate surface area is 97.7 Å². The zero-order valence-corrected chi connectivity index (χ0v) is 10.1. The molecule has 16 heavy (non-hydrogen) atoms. The summed E-state index contributed by atoms with van der Waals surface area (Å²) >= 11 is 0. The van der Waals surface area contributed by atoms with Crippen LogP contribution in [0, 0.1) is 11.7 Å². The van der Waals surface area contributed by atoms with E-state index in [0.717, 1.165) is 0 Å². The molecule has 2 rings (SSSR count). The van der Waals surface area contributed by atoms with Crippen LogP contribution in [0.3, 0.4) is 0 Å². The van der Waals surface area contributed by atoms with Gasteiger partial charge in [-0.05, 0) is 44.0 Å². The van der Waals surface area contributed by atoms with E-state index in [0.29, 0.717) is 22.6 Å². The lowest BCUT2D eigenvalue weighted by molar-refractivity contribution is 0.546. The van der Waals surface area contributed by atoms with Gasteiger partial charge in [-0.3, -0.25) is 4.21 Å². The van der Waals surface area contributed by atoms with E-state index < -0.39 is 10.8 Å². The zero-order chi connectivity index (χ0) is 11.5. The van der Waals surface area contributed by atoms with Gasteiger partial charge in [-0.25, -0.2) is 4.39 Å². The predicted octanol–water partition coefficient (Wildman–Crippen LogP) is 1.93. The van der Waals surface area contributed by atoms with E-state index in [1.165, 1.54) is 25.0 Å². The van der Waals surface area contributed by atoms with E-state index in [9.17, 15) is 8.60 Å². The van der Waals surface area contributed by atoms with Crippen LogP contribution in [0.4, 0.5) is 4.39 Å². The lowest BCUT2D eigenvalue weighted by Crippen LogP contribution is -2.33. The van der Waals surface area contributed by atoms with Gasteiger partial charge in [0.2, 0.25) is 0 Å². The first kappa shape index (κ1) is 11.7. The van der Waals surface area contributed by atoms with E-state index in [1.807, 2.05) is 7.05 Å². The third kappa shape index (κ3) is 2.89. The smallest absolute Gasteiger partial charge is 0.124 e. The largest absolute Gasteiger partial charge is 0.316 e. The molecule has 1 aliphatic carbocycles. The first-order valence-corrected chi connectivity index (χ1v) is 6.84. The second-order valence-corrected chi connectivity index (χ2v) is 5.70. The predicted molar refractivity (Wildman–Crippen MR) is 63.2 cm³/mol. The summed E-state index contributed by atoms with van der Waals surface area (Å²) in [5.41, 5.74) is 0. The van der Waals surface area contributed by atoms with Crippen molar-refractivity contribution in [2.45, 2.75) is 23.8 Å². The number of hydrogen-bond donors (Lipinski definition) is 1. The molecule has 2 unspecified atom stereocenters. The van der Waals surface area contributed by atoms with Gasteiger partial charge in [-0.1, -0.05) is 6.07 Å². The molecule has 0 aliphatic heterocycles. The average Bonchev–Trinajstić information content (AvgIpc) is 3.09. The Balaban J connectivity index is 2.01. The fourth-order valence-electron chi connectivity index (χ4n) is 1.82. The number of benzene rings is 1. The Morgan fingerprint density at radius 2 is 2.31 bits per heavy atom. The molecule has 0 radical (unpaired) electrons. The zero-order valence-electron chi connectivity index (χ0n) is 9.28. The average molecular weight is 241 g/mol. The van der Waals surface area contributed by atoms with E-state index in [4.69, 9.17) is 0 Å².